The van der Waals surface area contributed by atoms with Crippen molar-refractivity contribution in [2.75, 3.05) is 19.7 Å². The molecule has 1 rings (SSSR count). The minimum Gasteiger partial charge on any atom is -0.378 e. The van der Waals surface area contributed by atoms with Crippen molar-refractivity contribution in [2.45, 2.75) is 71.3 Å². The number of rotatable bonds is 9. The maximum Gasteiger partial charge on any atom is 0.0577 e. The Kier molecular flexibility index (Phi) is 8.72. The smallest absolute Gasteiger partial charge is 0.0577 e. The maximum absolute atomic E-state index is 5.97. The van der Waals surface area contributed by atoms with Crippen molar-refractivity contribution in [2.24, 2.45) is 5.92 Å². The summed E-state index contributed by atoms with van der Waals surface area (Å²) in [6, 6.07) is 0. The molecule has 0 saturated heterocycles. The molecule has 0 aromatic rings. The van der Waals surface area contributed by atoms with Crippen LogP contribution in [0.3, 0.4) is 0 Å². The molecule has 102 valence electrons. The molecule has 0 amide bonds. The fraction of sp³-hybridized carbons (Fsp3) is 1.00. The molecule has 17 heavy (non-hydrogen) atoms. The molecule has 2 atom stereocenters. The van der Waals surface area contributed by atoms with Gasteiger partial charge in [-0.3, -0.25) is 0 Å². The average molecular weight is 241 g/mol. The van der Waals surface area contributed by atoms with Crippen molar-refractivity contribution in [3.8, 4) is 0 Å². The van der Waals surface area contributed by atoms with E-state index in [4.69, 9.17) is 4.74 Å². The van der Waals surface area contributed by atoms with Crippen LogP contribution >= 0.6 is 0 Å². The third kappa shape index (κ3) is 7.77. The standard InChI is InChI=1S/C15H31NO/c1-3-16-11-6-4-5-7-12-17-15-10-8-9-14(2)13-15/h14-16H,3-13H2,1-2H3. The summed E-state index contributed by atoms with van der Waals surface area (Å²) in [6.07, 6.45) is 11.2. The molecule has 2 unspecified atom stereocenters. The Morgan fingerprint density at radius 1 is 1.12 bits per heavy atom. The number of ether oxygens (including phenoxy) is 1. The molecule has 1 fully saturated rings. The Labute approximate surface area is 108 Å². The summed E-state index contributed by atoms with van der Waals surface area (Å²) in [5, 5.41) is 3.36. The van der Waals surface area contributed by atoms with Crippen LogP contribution in [0.15, 0.2) is 0 Å². The monoisotopic (exact) mass is 241 g/mol. The van der Waals surface area contributed by atoms with Gasteiger partial charge < -0.3 is 10.1 Å². The second-order valence-corrected chi connectivity index (χ2v) is 5.53. The van der Waals surface area contributed by atoms with Crippen LogP contribution in [-0.4, -0.2) is 25.8 Å². The summed E-state index contributed by atoms with van der Waals surface area (Å²) in [6.45, 7) is 7.79. The van der Waals surface area contributed by atoms with E-state index in [-0.39, 0.29) is 0 Å². The van der Waals surface area contributed by atoms with E-state index in [1.807, 2.05) is 0 Å². The molecular formula is C15H31NO. The van der Waals surface area contributed by atoms with E-state index in [0.717, 1.165) is 19.1 Å². The topological polar surface area (TPSA) is 21.3 Å². The van der Waals surface area contributed by atoms with Crippen LogP contribution in [0.5, 0.6) is 0 Å². The lowest BCUT2D eigenvalue weighted by molar-refractivity contribution is 0.0137. The SMILES string of the molecule is CCNCCCCCCOC1CCCC(C)C1. The molecule has 0 aromatic heterocycles. The summed E-state index contributed by atoms with van der Waals surface area (Å²) in [5.74, 6) is 0.883. The first kappa shape index (κ1) is 15.0. The van der Waals surface area contributed by atoms with Gasteiger partial charge in [-0.1, -0.05) is 39.5 Å². The lowest BCUT2D eigenvalue weighted by Gasteiger charge is -2.26. The lowest BCUT2D eigenvalue weighted by atomic mass is 9.89. The summed E-state index contributed by atoms with van der Waals surface area (Å²) >= 11 is 0. The number of hydrogen-bond donors (Lipinski definition) is 1. The van der Waals surface area contributed by atoms with Gasteiger partial charge in [0.05, 0.1) is 6.10 Å². The molecule has 2 nitrogen and oxygen atoms in total. The van der Waals surface area contributed by atoms with Crippen molar-refractivity contribution in [1.82, 2.24) is 5.32 Å². The van der Waals surface area contributed by atoms with Crippen LogP contribution in [0, 0.1) is 5.92 Å². The minimum absolute atomic E-state index is 0.570. The van der Waals surface area contributed by atoms with Crippen molar-refractivity contribution >= 4 is 0 Å². The predicted octanol–water partition coefficient (Wildman–Crippen LogP) is 3.75. The number of nitrogens with one attached hydrogen (secondary N) is 1. The Bertz CT molecular complexity index is 172. The molecule has 1 N–H and O–H groups in total. The fourth-order valence-corrected chi connectivity index (χ4v) is 2.66. The third-order valence-corrected chi connectivity index (χ3v) is 3.74. The first-order valence-electron chi connectivity index (χ1n) is 7.65. The van der Waals surface area contributed by atoms with E-state index < -0.39 is 0 Å². The Hall–Kier alpha value is -0.0800. The molecule has 0 heterocycles. The van der Waals surface area contributed by atoms with Gasteiger partial charge in [-0.05, 0) is 44.7 Å². The molecule has 0 aromatic carbocycles. The van der Waals surface area contributed by atoms with E-state index in [1.54, 1.807) is 0 Å². The van der Waals surface area contributed by atoms with E-state index in [1.165, 1.54) is 57.9 Å². The quantitative estimate of drug-likeness (QED) is 0.621. The van der Waals surface area contributed by atoms with Gasteiger partial charge in [-0.2, -0.15) is 0 Å². The molecule has 0 bridgehead atoms. The molecule has 1 aliphatic carbocycles. The normalized spacial score (nSPS) is 25.1. The lowest BCUT2D eigenvalue weighted by Crippen LogP contribution is -2.21. The van der Waals surface area contributed by atoms with E-state index in [2.05, 4.69) is 19.2 Å². The number of hydrogen-bond acceptors (Lipinski definition) is 2. The van der Waals surface area contributed by atoms with E-state index in [0.29, 0.717) is 6.10 Å². The highest BCUT2D eigenvalue weighted by Crippen LogP contribution is 2.25. The zero-order chi connectivity index (χ0) is 12.3. The van der Waals surface area contributed by atoms with Crippen molar-refractivity contribution < 1.29 is 4.74 Å². The van der Waals surface area contributed by atoms with Gasteiger partial charge in [-0.15, -0.1) is 0 Å². The second kappa shape index (κ2) is 9.90. The summed E-state index contributed by atoms with van der Waals surface area (Å²) in [7, 11) is 0. The highest BCUT2D eigenvalue weighted by Gasteiger charge is 2.18. The molecule has 1 saturated carbocycles. The van der Waals surface area contributed by atoms with Gasteiger partial charge in [-0.25, -0.2) is 0 Å². The van der Waals surface area contributed by atoms with E-state index in [9.17, 15) is 0 Å². The van der Waals surface area contributed by atoms with Crippen molar-refractivity contribution in [1.29, 1.82) is 0 Å². The van der Waals surface area contributed by atoms with Crippen LogP contribution in [0.4, 0.5) is 0 Å². The van der Waals surface area contributed by atoms with Crippen LogP contribution in [0.25, 0.3) is 0 Å². The summed E-state index contributed by atoms with van der Waals surface area (Å²) < 4.78 is 5.97. The Balaban J connectivity index is 1.83. The second-order valence-electron chi connectivity index (χ2n) is 5.53. The fourth-order valence-electron chi connectivity index (χ4n) is 2.66. The Morgan fingerprint density at radius 2 is 1.94 bits per heavy atom. The van der Waals surface area contributed by atoms with Crippen molar-refractivity contribution in [3.05, 3.63) is 0 Å². The first-order chi connectivity index (χ1) is 8.33. The molecule has 0 aliphatic heterocycles. The maximum atomic E-state index is 5.97. The number of unbranched alkanes of at least 4 members (excludes halogenated alkanes) is 3. The third-order valence-electron chi connectivity index (χ3n) is 3.74. The summed E-state index contributed by atoms with van der Waals surface area (Å²) in [5.41, 5.74) is 0. The van der Waals surface area contributed by atoms with Gasteiger partial charge in [0.2, 0.25) is 0 Å². The zero-order valence-electron chi connectivity index (χ0n) is 11.8. The highest BCUT2D eigenvalue weighted by atomic mass is 16.5. The largest absolute Gasteiger partial charge is 0.378 e. The first-order valence-corrected chi connectivity index (χ1v) is 7.65. The van der Waals surface area contributed by atoms with Crippen LogP contribution in [0.2, 0.25) is 0 Å². The van der Waals surface area contributed by atoms with Gasteiger partial charge in [0.25, 0.3) is 0 Å². The van der Waals surface area contributed by atoms with Crippen LogP contribution in [0.1, 0.15) is 65.2 Å². The summed E-state index contributed by atoms with van der Waals surface area (Å²) in [4.78, 5) is 0. The molecule has 0 radical (unpaired) electrons. The van der Waals surface area contributed by atoms with E-state index >= 15 is 0 Å². The average Bonchev–Trinajstić information content (AvgIpc) is 2.33. The zero-order valence-corrected chi connectivity index (χ0v) is 11.8. The van der Waals surface area contributed by atoms with Crippen molar-refractivity contribution in [3.63, 3.8) is 0 Å². The predicted molar refractivity (Wildman–Crippen MR) is 74.4 cm³/mol. The highest BCUT2D eigenvalue weighted by molar-refractivity contribution is 4.70. The van der Waals surface area contributed by atoms with Gasteiger partial charge in [0, 0.05) is 6.61 Å². The molecule has 1 aliphatic rings. The molecular weight excluding hydrogens is 210 g/mol. The van der Waals surface area contributed by atoms with Gasteiger partial charge in [0.1, 0.15) is 0 Å². The van der Waals surface area contributed by atoms with Crippen LogP contribution in [-0.2, 0) is 4.74 Å². The minimum atomic E-state index is 0.570. The van der Waals surface area contributed by atoms with Gasteiger partial charge in [0.15, 0.2) is 0 Å². The Morgan fingerprint density at radius 3 is 2.71 bits per heavy atom. The van der Waals surface area contributed by atoms with Gasteiger partial charge >= 0.3 is 0 Å². The molecule has 2 heteroatoms. The van der Waals surface area contributed by atoms with Crippen LogP contribution < -0.4 is 5.32 Å². The molecule has 0 spiro atoms.